The smallest absolute Gasteiger partial charge is 0.116 e. The van der Waals surface area contributed by atoms with Gasteiger partial charge in [0.2, 0.25) is 0 Å². The van der Waals surface area contributed by atoms with E-state index in [4.69, 9.17) is 9.47 Å². The first-order valence-electron chi connectivity index (χ1n) is 12.8. The van der Waals surface area contributed by atoms with E-state index in [-0.39, 0.29) is 42.6 Å². The summed E-state index contributed by atoms with van der Waals surface area (Å²) in [5.41, 5.74) is 0. The van der Waals surface area contributed by atoms with Crippen molar-refractivity contribution < 1.29 is 18.3 Å². The van der Waals surface area contributed by atoms with Crippen LogP contribution in [0, 0.1) is 17.8 Å². The second-order valence-electron chi connectivity index (χ2n) is 10.5. The van der Waals surface area contributed by atoms with Crippen LogP contribution in [0.4, 0.5) is 8.78 Å². The number of nitrogens with one attached hydrogen (secondary N) is 3. The molecule has 3 aliphatic heterocycles. The maximum atomic E-state index is 15.1. The van der Waals surface area contributed by atoms with Gasteiger partial charge in [-0.2, -0.15) is 11.8 Å². The Hall–Kier alpha value is 0.01000. The van der Waals surface area contributed by atoms with Gasteiger partial charge in [-0.25, -0.2) is 8.78 Å². The summed E-state index contributed by atoms with van der Waals surface area (Å²) in [4.78, 5) is 0. The molecule has 186 valence electrons. The second kappa shape index (κ2) is 12.1. The molecule has 4 aliphatic rings. The molecule has 0 aromatic rings. The average molecular weight is 476 g/mol. The molecule has 10 atom stereocenters. The summed E-state index contributed by atoms with van der Waals surface area (Å²) in [5, 5.41) is 10.8. The van der Waals surface area contributed by atoms with Crippen LogP contribution in [-0.4, -0.2) is 68.3 Å². The summed E-state index contributed by atoms with van der Waals surface area (Å²) in [6.07, 6.45) is 8.18. The lowest BCUT2D eigenvalue weighted by Gasteiger charge is -2.45. The van der Waals surface area contributed by atoms with Gasteiger partial charge < -0.3 is 9.47 Å². The third-order valence-corrected chi connectivity index (χ3v) is 8.71. The van der Waals surface area contributed by atoms with E-state index in [0.29, 0.717) is 31.9 Å². The van der Waals surface area contributed by atoms with Crippen LogP contribution < -0.4 is 16.0 Å². The first kappa shape index (κ1) is 25.1. The van der Waals surface area contributed by atoms with E-state index in [9.17, 15) is 4.39 Å². The Labute approximate surface area is 196 Å². The van der Waals surface area contributed by atoms with E-state index in [1.165, 1.54) is 0 Å². The van der Waals surface area contributed by atoms with Crippen molar-refractivity contribution >= 4 is 11.8 Å². The molecule has 1 saturated carbocycles. The number of fused-ring (bicyclic) bond motifs is 6. The summed E-state index contributed by atoms with van der Waals surface area (Å²) in [5.74, 6) is 1.75. The summed E-state index contributed by atoms with van der Waals surface area (Å²) < 4.78 is 41.9. The summed E-state index contributed by atoms with van der Waals surface area (Å²) in [6, 6.07) is 0. The largest absolute Gasteiger partial charge is 0.378 e. The molecule has 0 aromatic heterocycles. The minimum atomic E-state index is -0.903. The molecule has 3 N–H and O–H groups in total. The first-order chi connectivity index (χ1) is 15.5. The Morgan fingerprint density at radius 2 is 1.81 bits per heavy atom. The SMILES string of the molecule is CSCC1CC2NC3CC(C(F)CN3)C3CCC(F)CC3OCCCCC(C)OC(C1)N2. The predicted octanol–water partition coefficient (Wildman–Crippen LogP) is 3.98. The van der Waals surface area contributed by atoms with Crippen LogP contribution in [-0.2, 0) is 9.47 Å². The lowest BCUT2D eigenvalue weighted by atomic mass is 9.72. The zero-order valence-corrected chi connectivity index (χ0v) is 20.6. The van der Waals surface area contributed by atoms with Gasteiger partial charge >= 0.3 is 0 Å². The number of piperidine rings is 2. The van der Waals surface area contributed by atoms with E-state index in [2.05, 4.69) is 29.1 Å². The third-order valence-electron chi connectivity index (χ3n) is 7.90. The Bertz CT molecular complexity index is 577. The van der Waals surface area contributed by atoms with E-state index in [1.807, 2.05) is 11.8 Å². The number of halogens is 2. The minimum Gasteiger partial charge on any atom is -0.378 e. The van der Waals surface area contributed by atoms with E-state index in [1.54, 1.807) is 0 Å². The highest BCUT2D eigenvalue weighted by atomic mass is 32.2. The van der Waals surface area contributed by atoms with Gasteiger partial charge in [-0.3, -0.25) is 16.0 Å². The van der Waals surface area contributed by atoms with Gasteiger partial charge in [-0.1, -0.05) is 0 Å². The van der Waals surface area contributed by atoms with Crippen LogP contribution >= 0.6 is 11.8 Å². The Morgan fingerprint density at radius 3 is 2.66 bits per heavy atom. The molecule has 32 heavy (non-hydrogen) atoms. The standard InChI is InChI=1S/C24H43F2N3O2S/c1-15-5-3-4-8-30-21-11-17(25)6-7-18(21)19-12-22(27-13-20(19)26)28-23-9-16(14-32-2)10-24(29-23)31-15/h15-24,27-29H,3-14H2,1-2H3. The number of hydrogen-bond acceptors (Lipinski definition) is 6. The first-order valence-corrected chi connectivity index (χ1v) is 14.2. The van der Waals surface area contributed by atoms with Crippen LogP contribution in [0.3, 0.4) is 0 Å². The highest BCUT2D eigenvalue weighted by molar-refractivity contribution is 7.98. The predicted molar refractivity (Wildman–Crippen MR) is 126 cm³/mol. The average Bonchev–Trinajstić information content (AvgIpc) is 2.75. The highest BCUT2D eigenvalue weighted by Crippen LogP contribution is 2.39. The number of hydrogen-bond donors (Lipinski definition) is 3. The number of alkyl halides is 2. The van der Waals surface area contributed by atoms with E-state index >= 15 is 4.39 Å². The maximum Gasteiger partial charge on any atom is 0.116 e. The second-order valence-corrected chi connectivity index (χ2v) is 11.4. The zero-order chi connectivity index (χ0) is 22.5. The molecule has 10 unspecified atom stereocenters. The fourth-order valence-corrected chi connectivity index (χ4v) is 7.04. The van der Waals surface area contributed by atoms with Crippen molar-refractivity contribution in [3.05, 3.63) is 0 Å². The zero-order valence-electron chi connectivity index (χ0n) is 19.7. The van der Waals surface area contributed by atoms with Gasteiger partial charge in [0.05, 0.1) is 24.5 Å². The highest BCUT2D eigenvalue weighted by Gasteiger charge is 2.43. The van der Waals surface area contributed by atoms with Crippen molar-refractivity contribution in [1.29, 1.82) is 0 Å². The lowest BCUT2D eigenvalue weighted by molar-refractivity contribution is -0.0814. The minimum absolute atomic E-state index is 0.0484. The van der Waals surface area contributed by atoms with Gasteiger partial charge in [0, 0.05) is 19.6 Å². The van der Waals surface area contributed by atoms with Gasteiger partial charge in [0.25, 0.3) is 0 Å². The number of thioether (sulfide) groups is 1. The number of ether oxygens (including phenoxy) is 2. The molecule has 4 fully saturated rings. The van der Waals surface area contributed by atoms with Gasteiger partial charge in [-0.15, -0.1) is 0 Å². The van der Waals surface area contributed by atoms with Crippen molar-refractivity contribution in [2.75, 3.05) is 25.2 Å². The van der Waals surface area contributed by atoms with Crippen LogP contribution in [0.25, 0.3) is 0 Å². The third kappa shape index (κ3) is 6.79. The molecular formula is C24H43F2N3O2S. The topological polar surface area (TPSA) is 54.5 Å². The van der Waals surface area contributed by atoms with Crippen molar-refractivity contribution in [2.45, 2.75) is 108 Å². The molecule has 3 heterocycles. The molecule has 4 bridgehead atoms. The molecule has 5 nitrogen and oxygen atoms in total. The fourth-order valence-electron chi connectivity index (χ4n) is 6.30. The van der Waals surface area contributed by atoms with Gasteiger partial charge in [-0.05, 0) is 88.1 Å². The molecule has 8 heteroatoms. The Balaban J connectivity index is 1.49. The Kier molecular flexibility index (Phi) is 9.51. The molecule has 0 aromatic carbocycles. The summed E-state index contributed by atoms with van der Waals surface area (Å²) in [6.45, 7) is 3.14. The van der Waals surface area contributed by atoms with Crippen LogP contribution in [0.15, 0.2) is 0 Å². The van der Waals surface area contributed by atoms with Crippen LogP contribution in [0.1, 0.15) is 64.7 Å². The Morgan fingerprint density at radius 1 is 0.938 bits per heavy atom. The van der Waals surface area contributed by atoms with Gasteiger partial charge in [0.1, 0.15) is 18.6 Å². The van der Waals surface area contributed by atoms with Crippen molar-refractivity contribution in [3.8, 4) is 0 Å². The van der Waals surface area contributed by atoms with Crippen molar-refractivity contribution in [2.24, 2.45) is 17.8 Å². The molecule has 4 rings (SSSR count). The molecule has 0 radical (unpaired) electrons. The molecule has 0 amide bonds. The van der Waals surface area contributed by atoms with E-state index < -0.39 is 12.3 Å². The molecular weight excluding hydrogens is 432 g/mol. The summed E-state index contributed by atoms with van der Waals surface area (Å²) in [7, 11) is 0. The van der Waals surface area contributed by atoms with Gasteiger partial charge in [0.15, 0.2) is 0 Å². The van der Waals surface area contributed by atoms with E-state index in [0.717, 1.165) is 50.7 Å². The summed E-state index contributed by atoms with van der Waals surface area (Å²) >= 11 is 1.90. The number of rotatable bonds is 2. The fraction of sp³-hybridized carbons (Fsp3) is 1.00. The molecule has 3 saturated heterocycles. The normalized spacial score (nSPS) is 46.9. The van der Waals surface area contributed by atoms with Crippen LogP contribution in [0.5, 0.6) is 0 Å². The molecule has 0 spiro atoms. The monoisotopic (exact) mass is 475 g/mol. The molecule has 1 aliphatic carbocycles. The van der Waals surface area contributed by atoms with Crippen molar-refractivity contribution in [1.82, 2.24) is 16.0 Å². The maximum absolute atomic E-state index is 15.1. The van der Waals surface area contributed by atoms with Crippen molar-refractivity contribution in [3.63, 3.8) is 0 Å². The quantitative estimate of drug-likeness (QED) is 0.562. The van der Waals surface area contributed by atoms with Crippen LogP contribution in [0.2, 0.25) is 0 Å². The lowest BCUT2D eigenvalue weighted by Crippen LogP contribution is -2.63.